The molecule has 1 aromatic rings. The summed E-state index contributed by atoms with van der Waals surface area (Å²) >= 11 is 0. The standard InChI is InChI=1S/C15H22N2O2/c1-2-19-13-8-10-17(11-9-13)14(15(16)18)12-6-4-3-5-7-12/h3-7,13-14H,2,8-11H2,1H3,(H2,16,18)/t14-/m1/s1. The number of amides is 1. The average molecular weight is 262 g/mol. The molecule has 1 saturated heterocycles. The smallest absolute Gasteiger partial charge is 0.239 e. The van der Waals surface area contributed by atoms with Gasteiger partial charge in [-0.2, -0.15) is 0 Å². The summed E-state index contributed by atoms with van der Waals surface area (Å²) in [7, 11) is 0. The Bertz CT molecular complexity index is 400. The summed E-state index contributed by atoms with van der Waals surface area (Å²) in [5.41, 5.74) is 6.56. The molecule has 0 bridgehead atoms. The van der Waals surface area contributed by atoms with E-state index in [1.54, 1.807) is 0 Å². The number of benzene rings is 1. The zero-order valence-electron chi connectivity index (χ0n) is 11.4. The van der Waals surface area contributed by atoms with Gasteiger partial charge in [0.25, 0.3) is 0 Å². The van der Waals surface area contributed by atoms with Gasteiger partial charge in [0.1, 0.15) is 6.04 Å². The normalized spacial score (nSPS) is 19.2. The molecule has 0 unspecified atom stereocenters. The van der Waals surface area contributed by atoms with Gasteiger partial charge in [-0.05, 0) is 25.3 Å². The highest BCUT2D eigenvalue weighted by Gasteiger charge is 2.29. The van der Waals surface area contributed by atoms with Crippen LogP contribution in [0.2, 0.25) is 0 Å². The summed E-state index contributed by atoms with van der Waals surface area (Å²) in [4.78, 5) is 13.9. The second-order valence-corrected chi connectivity index (χ2v) is 4.91. The molecule has 0 aliphatic carbocycles. The lowest BCUT2D eigenvalue weighted by atomic mass is 10.00. The van der Waals surface area contributed by atoms with Gasteiger partial charge in [0, 0.05) is 19.7 Å². The van der Waals surface area contributed by atoms with Crippen molar-refractivity contribution in [2.75, 3.05) is 19.7 Å². The van der Waals surface area contributed by atoms with Crippen molar-refractivity contribution >= 4 is 5.91 Å². The summed E-state index contributed by atoms with van der Waals surface area (Å²) in [5.74, 6) is -0.277. The molecule has 19 heavy (non-hydrogen) atoms. The number of piperidine rings is 1. The van der Waals surface area contributed by atoms with Crippen LogP contribution in [-0.4, -0.2) is 36.6 Å². The zero-order chi connectivity index (χ0) is 13.7. The van der Waals surface area contributed by atoms with Gasteiger partial charge in [0.2, 0.25) is 5.91 Å². The second-order valence-electron chi connectivity index (χ2n) is 4.91. The van der Waals surface area contributed by atoms with Crippen LogP contribution < -0.4 is 5.73 Å². The zero-order valence-corrected chi connectivity index (χ0v) is 11.4. The predicted molar refractivity (Wildman–Crippen MR) is 74.6 cm³/mol. The lowest BCUT2D eigenvalue weighted by Crippen LogP contribution is -2.44. The van der Waals surface area contributed by atoms with Crippen LogP contribution in [-0.2, 0) is 9.53 Å². The van der Waals surface area contributed by atoms with Crippen molar-refractivity contribution in [1.82, 2.24) is 4.90 Å². The fraction of sp³-hybridized carbons (Fsp3) is 0.533. The molecule has 4 heteroatoms. The fourth-order valence-corrected chi connectivity index (χ4v) is 2.73. The summed E-state index contributed by atoms with van der Waals surface area (Å²) in [6.45, 7) is 4.48. The van der Waals surface area contributed by atoms with E-state index in [4.69, 9.17) is 10.5 Å². The van der Waals surface area contributed by atoms with E-state index in [1.807, 2.05) is 37.3 Å². The van der Waals surface area contributed by atoms with Crippen molar-refractivity contribution in [2.45, 2.75) is 31.9 Å². The molecule has 4 nitrogen and oxygen atoms in total. The van der Waals surface area contributed by atoms with Gasteiger partial charge in [-0.25, -0.2) is 0 Å². The minimum Gasteiger partial charge on any atom is -0.378 e. The Kier molecular flexibility index (Phi) is 4.93. The van der Waals surface area contributed by atoms with E-state index in [2.05, 4.69) is 4.90 Å². The summed E-state index contributed by atoms with van der Waals surface area (Å²) in [5, 5.41) is 0. The average Bonchev–Trinajstić information content (AvgIpc) is 2.42. The fourth-order valence-electron chi connectivity index (χ4n) is 2.73. The summed E-state index contributed by atoms with van der Waals surface area (Å²) < 4.78 is 5.63. The third-order valence-corrected chi connectivity index (χ3v) is 3.63. The number of primary amides is 1. The van der Waals surface area contributed by atoms with Gasteiger partial charge in [0.15, 0.2) is 0 Å². The van der Waals surface area contributed by atoms with Crippen LogP contribution in [0.5, 0.6) is 0 Å². The molecule has 1 atom stereocenters. The number of rotatable bonds is 5. The predicted octanol–water partition coefficient (Wildman–Crippen LogP) is 1.71. The molecule has 104 valence electrons. The number of carbonyl (C=O) groups is 1. The van der Waals surface area contributed by atoms with Crippen LogP contribution in [0.1, 0.15) is 31.4 Å². The Hall–Kier alpha value is -1.39. The van der Waals surface area contributed by atoms with E-state index in [9.17, 15) is 4.79 Å². The molecular weight excluding hydrogens is 240 g/mol. The molecule has 1 aliphatic rings. The van der Waals surface area contributed by atoms with Crippen LogP contribution in [0.4, 0.5) is 0 Å². The third kappa shape index (κ3) is 3.55. The maximum absolute atomic E-state index is 11.8. The Morgan fingerprint density at radius 3 is 2.53 bits per heavy atom. The second kappa shape index (κ2) is 6.68. The molecule has 1 aromatic carbocycles. The van der Waals surface area contributed by atoms with Crippen molar-refractivity contribution in [1.29, 1.82) is 0 Å². The quantitative estimate of drug-likeness (QED) is 0.879. The van der Waals surface area contributed by atoms with Crippen LogP contribution in [0.25, 0.3) is 0 Å². The molecule has 0 aromatic heterocycles. The van der Waals surface area contributed by atoms with Crippen molar-refractivity contribution in [3.05, 3.63) is 35.9 Å². The number of hydrogen-bond acceptors (Lipinski definition) is 3. The first-order valence-electron chi connectivity index (χ1n) is 6.92. The van der Waals surface area contributed by atoms with Crippen molar-refractivity contribution < 1.29 is 9.53 Å². The number of likely N-dealkylation sites (tertiary alicyclic amines) is 1. The molecule has 1 aliphatic heterocycles. The Morgan fingerprint density at radius 1 is 1.37 bits per heavy atom. The highest BCUT2D eigenvalue weighted by molar-refractivity contribution is 5.81. The van der Waals surface area contributed by atoms with Crippen molar-refractivity contribution in [3.63, 3.8) is 0 Å². The molecule has 1 heterocycles. The number of ether oxygens (including phenoxy) is 1. The van der Waals surface area contributed by atoms with E-state index in [0.717, 1.165) is 38.1 Å². The molecule has 0 spiro atoms. The van der Waals surface area contributed by atoms with E-state index in [-0.39, 0.29) is 11.9 Å². The molecule has 1 amide bonds. The monoisotopic (exact) mass is 262 g/mol. The first-order chi connectivity index (χ1) is 9.22. The maximum Gasteiger partial charge on any atom is 0.239 e. The van der Waals surface area contributed by atoms with Gasteiger partial charge < -0.3 is 10.5 Å². The van der Waals surface area contributed by atoms with Gasteiger partial charge in [-0.1, -0.05) is 30.3 Å². The largest absolute Gasteiger partial charge is 0.378 e. The van der Waals surface area contributed by atoms with Crippen LogP contribution in [0.15, 0.2) is 30.3 Å². The van der Waals surface area contributed by atoms with Gasteiger partial charge in [0.05, 0.1) is 6.10 Å². The van der Waals surface area contributed by atoms with Crippen molar-refractivity contribution in [3.8, 4) is 0 Å². The molecule has 0 saturated carbocycles. The Morgan fingerprint density at radius 2 is 2.00 bits per heavy atom. The molecule has 0 radical (unpaired) electrons. The number of hydrogen-bond donors (Lipinski definition) is 1. The van der Waals surface area contributed by atoms with Crippen molar-refractivity contribution in [2.24, 2.45) is 5.73 Å². The highest BCUT2D eigenvalue weighted by atomic mass is 16.5. The lowest BCUT2D eigenvalue weighted by molar-refractivity contribution is -0.124. The number of nitrogens with two attached hydrogens (primary N) is 1. The lowest BCUT2D eigenvalue weighted by Gasteiger charge is -2.36. The van der Waals surface area contributed by atoms with E-state index in [1.165, 1.54) is 0 Å². The van der Waals surface area contributed by atoms with Gasteiger partial charge >= 0.3 is 0 Å². The third-order valence-electron chi connectivity index (χ3n) is 3.63. The highest BCUT2D eigenvalue weighted by Crippen LogP contribution is 2.25. The number of carbonyl (C=O) groups excluding carboxylic acids is 1. The van der Waals surface area contributed by atoms with E-state index >= 15 is 0 Å². The molecule has 1 fully saturated rings. The molecule has 2 rings (SSSR count). The first-order valence-corrected chi connectivity index (χ1v) is 6.92. The minimum absolute atomic E-state index is 0.277. The van der Waals surface area contributed by atoms with E-state index < -0.39 is 0 Å². The van der Waals surface area contributed by atoms with Gasteiger partial charge in [-0.3, -0.25) is 9.69 Å². The molecular formula is C15H22N2O2. The SMILES string of the molecule is CCOC1CCN([C@@H](C(N)=O)c2ccccc2)CC1. The molecule has 2 N–H and O–H groups in total. The topological polar surface area (TPSA) is 55.6 Å². The minimum atomic E-state index is -0.316. The number of nitrogens with zero attached hydrogens (tertiary/aromatic N) is 1. The van der Waals surface area contributed by atoms with Gasteiger partial charge in [-0.15, -0.1) is 0 Å². The van der Waals surface area contributed by atoms with Crippen LogP contribution in [0, 0.1) is 0 Å². The first kappa shape index (κ1) is 14.0. The summed E-state index contributed by atoms with van der Waals surface area (Å²) in [6, 6.07) is 9.44. The Balaban J connectivity index is 2.04. The summed E-state index contributed by atoms with van der Waals surface area (Å²) in [6.07, 6.45) is 2.25. The maximum atomic E-state index is 11.8. The van der Waals surface area contributed by atoms with E-state index in [0.29, 0.717) is 6.10 Å². The van der Waals surface area contributed by atoms with Crippen LogP contribution in [0.3, 0.4) is 0 Å². The van der Waals surface area contributed by atoms with Crippen LogP contribution >= 0.6 is 0 Å². The Labute approximate surface area is 114 Å².